The third-order valence-electron chi connectivity index (χ3n) is 5.74. The van der Waals surface area contributed by atoms with Crippen molar-refractivity contribution in [2.45, 2.75) is 52.1 Å². The van der Waals surface area contributed by atoms with Crippen LogP contribution in [0.2, 0.25) is 0 Å². The molecule has 3 atom stereocenters. The van der Waals surface area contributed by atoms with Gasteiger partial charge in [-0.15, -0.1) is 11.3 Å². The maximum atomic E-state index is 11.3. The van der Waals surface area contributed by atoms with E-state index in [2.05, 4.69) is 25.8 Å². The van der Waals surface area contributed by atoms with Crippen LogP contribution in [0, 0.1) is 16.7 Å². The molecule has 1 heterocycles. The fraction of sp³-hybridized carbons (Fsp3) is 0.786. The van der Waals surface area contributed by atoms with Crippen molar-refractivity contribution in [3.05, 3.63) is 16.6 Å². The summed E-state index contributed by atoms with van der Waals surface area (Å²) in [6.45, 7) is 6.79. The SMILES string of the molecule is CC12CCC(C1)C(C)(C)C2(O)Cc1cncs1. The lowest BCUT2D eigenvalue weighted by atomic mass is 9.59. The number of thiazole rings is 1. The van der Waals surface area contributed by atoms with Gasteiger partial charge in [-0.25, -0.2) is 0 Å². The Balaban J connectivity index is 1.99. The molecule has 0 saturated heterocycles. The van der Waals surface area contributed by atoms with Crippen LogP contribution in [0.4, 0.5) is 0 Å². The van der Waals surface area contributed by atoms with E-state index in [1.165, 1.54) is 24.1 Å². The maximum absolute atomic E-state index is 11.3. The molecule has 2 saturated carbocycles. The van der Waals surface area contributed by atoms with E-state index >= 15 is 0 Å². The number of nitrogens with zero attached hydrogens (tertiary/aromatic N) is 1. The quantitative estimate of drug-likeness (QED) is 0.875. The topological polar surface area (TPSA) is 33.1 Å². The van der Waals surface area contributed by atoms with E-state index in [0.717, 1.165) is 6.42 Å². The van der Waals surface area contributed by atoms with Gasteiger partial charge in [-0.05, 0) is 36.0 Å². The molecule has 2 aliphatic rings. The van der Waals surface area contributed by atoms with Crippen molar-refractivity contribution in [3.63, 3.8) is 0 Å². The second-order valence-corrected chi connectivity index (χ2v) is 7.70. The average molecular weight is 251 g/mol. The van der Waals surface area contributed by atoms with Gasteiger partial charge in [0.1, 0.15) is 0 Å². The molecule has 3 rings (SSSR count). The van der Waals surface area contributed by atoms with E-state index in [9.17, 15) is 5.11 Å². The summed E-state index contributed by atoms with van der Waals surface area (Å²) in [6.07, 6.45) is 6.34. The summed E-state index contributed by atoms with van der Waals surface area (Å²) >= 11 is 1.66. The lowest BCUT2D eigenvalue weighted by Gasteiger charge is -2.50. The first-order valence-corrected chi connectivity index (χ1v) is 7.37. The Bertz CT molecular complexity index is 421. The third kappa shape index (κ3) is 1.33. The summed E-state index contributed by atoms with van der Waals surface area (Å²) in [6, 6.07) is 0. The number of aromatic nitrogens is 1. The Morgan fingerprint density at radius 3 is 2.76 bits per heavy atom. The predicted octanol–water partition coefficient (Wildman–Crippen LogP) is 3.26. The lowest BCUT2D eigenvalue weighted by molar-refractivity contribution is -0.141. The summed E-state index contributed by atoms with van der Waals surface area (Å²) in [4.78, 5) is 5.35. The molecule has 2 fully saturated rings. The molecule has 0 radical (unpaired) electrons. The molecule has 3 heteroatoms. The minimum absolute atomic E-state index is 0.0317. The van der Waals surface area contributed by atoms with Crippen molar-refractivity contribution < 1.29 is 5.11 Å². The molecule has 2 aliphatic carbocycles. The van der Waals surface area contributed by atoms with Gasteiger partial charge in [0.2, 0.25) is 0 Å². The average Bonchev–Trinajstić information content (AvgIpc) is 2.89. The molecule has 3 unspecified atom stereocenters. The minimum atomic E-state index is -0.560. The van der Waals surface area contributed by atoms with E-state index in [4.69, 9.17) is 0 Å². The standard InChI is InChI=1S/C14H21NOS/c1-12(2)10-4-5-13(3,6-10)14(12,16)7-11-8-15-9-17-11/h8-10,16H,4-7H2,1-3H3. The second-order valence-electron chi connectivity index (χ2n) is 6.73. The van der Waals surface area contributed by atoms with Crippen LogP contribution >= 0.6 is 11.3 Å². The molecular weight excluding hydrogens is 230 g/mol. The van der Waals surface area contributed by atoms with Crippen LogP contribution in [-0.2, 0) is 6.42 Å². The van der Waals surface area contributed by atoms with Crippen LogP contribution in [0.25, 0.3) is 0 Å². The van der Waals surface area contributed by atoms with Crippen LogP contribution in [0.15, 0.2) is 11.7 Å². The van der Waals surface area contributed by atoms with Gasteiger partial charge >= 0.3 is 0 Å². The Kier molecular flexibility index (Phi) is 2.28. The number of hydrogen-bond donors (Lipinski definition) is 1. The smallest absolute Gasteiger partial charge is 0.0802 e. The van der Waals surface area contributed by atoms with Crippen LogP contribution in [-0.4, -0.2) is 15.7 Å². The molecule has 0 aliphatic heterocycles. The third-order valence-corrected chi connectivity index (χ3v) is 6.52. The molecule has 0 amide bonds. The van der Waals surface area contributed by atoms with Gasteiger partial charge in [-0.1, -0.05) is 20.8 Å². The summed E-state index contributed by atoms with van der Waals surface area (Å²) in [5, 5.41) is 11.3. The van der Waals surface area contributed by atoms with Gasteiger partial charge in [0, 0.05) is 17.5 Å². The van der Waals surface area contributed by atoms with Crippen LogP contribution in [0.3, 0.4) is 0 Å². The van der Waals surface area contributed by atoms with Gasteiger partial charge in [0.05, 0.1) is 11.1 Å². The molecule has 0 aromatic carbocycles. The normalized spacial score (nSPS) is 43.2. The summed E-state index contributed by atoms with van der Waals surface area (Å²) in [5.41, 5.74) is 1.44. The molecule has 1 N–H and O–H groups in total. The Hall–Kier alpha value is -0.410. The van der Waals surface area contributed by atoms with E-state index in [1.807, 2.05) is 11.7 Å². The molecule has 17 heavy (non-hydrogen) atoms. The molecule has 2 nitrogen and oxygen atoms in total. The number of fused-ring (bicyclic) bond motifs is 2. The molecule has 94 valence electrons. The lowest BCUT2D eigenvalue weighted by Crippen LogP contribution is -2.55. The highest BCUT2D eigenvalue weighted by molar-refractivity contribution is 7.09. The van der Waals surface area contributed by atoms with Crippen molar-refractivity contribution in [2.24, 2.45) is 16.7 Å². The van der Waals surface area contributed by atoms with Crippen LogP contribution < -0.4 is 0 Å². The molecule has 2 bridgehead atoms. The molecule has 1 aromatic rings. The first-order chi connectivity index (χ1) is 7.89. The summed E-state index contributed by atoms with van der Waals surface area (Å²) in [7, 11) is 0. The van der Waals surface area contributed by atoms with Crippen LogP contribution in [0.5, 0.6) is 0 Å². The van der Waals surface area contributed by atoms with Gasteiger partial charge in [0.15, 0.2) is 0 Å². The van der Waals surface area contributed by atoms with Gasteiger partial charge in [-0.2, -0.15) is 0 Å². The predicted molar refractivity (Wildman–Crippen MR) is 70.0 cm³/mol. The van der Waals surface area contributed by atoms with Crippen molar-refractivity contribution in [3.8, 4) is 0 Å². The highest BCUT2D eigenvalue weighted by Gasteiger charge is 2.68. The van der Waals surface area contributed by atoms with Gasteiger partial charge in [-0.3, -0.25) is 4.98 Å². The molecule has 1 aromatic heterocycles. The number of aliphatic hydroxyl groups is 1. The van der Waals surface area contributed by atoms with Gasteiger partial charge in [0.25, 0.3) is 0 Å². The van der Waals surface area contributed by atoms with E-state index < -0.39 is 5.60 Å². The highest BCUT2D eigenvalue weighted by Crippen LogP contribution is 2.68. The zero-order valence-electron chi connectivity index (χ0n) is 10.9. The van der Waals surface area contributed by atoms with Crippen molar-refractivity contribution in [2.75, 3.05) is 0 Å². The molecule has 0 spiro atoms. The second kappa shape index (κ2) is 3.33. The first kappa shape index (κ1) is 11.7. The molecular formula is C14H21NOS. The fourth-order valence-electron chi connectivity index (χ4n) is 4.37. The van der Waals surface area contributed by atoms with Crippen molar-refractivity contribution >= 4 is 11.3 Å². The Morgan fingerprint density at radius 2 is 2.24 bits per heavy atom. The Morgan fingerprint density at radius 1 is 1.47 bits per heavy atom. The van der Waals surface area contributed by atoms with Crippen molar-refractivity contribution in [1.82, 2.24) is 4.98 Å². The Labute approximate surface area is 107 Å². The minimum Gasteiger partial charge on any atom is -0.388 e. The van der Waals surface area contributed by atoms with Crippen LogP contribution in [0.1, 0.15) is 44.9 Å². The van der Waals surface area contributed by atoms with Gasteiger partial charge < -0.3 is 5.11 Å². The summed E-state index contributed by atoms with van der Waals surface area (Å²) in [5.74, 6) is 0.686. The van der Waals surface area contributed by atoms with E-state index in [0.29, 0.717) is 5.92 Å². The van der Waals surface area contributed by atoms with E-state index in [1.54, 1.807) is 11.3 Å². The maximum Gasteiger partial charge on any atom is 0.0802 e. The fourth-order valence-corrected chi connectivity index (χ4v) is 5.04. The van der Waals surface area contributed by atoms with E-state index in [-0.39, 0.29) is 10.8 Å². The number of rotatable bonds is 2. The number of hydrogen-bond acceptors (Lipinski definition) is 3. The zero-order chi connectivity index (χ0) is 12.3. The largest absolute Gasteiger partial charge is 0.388 e. The summed E-state index contributed by atoms with van der Waals surface area (Å²) < 4.78 is 0. The zero-order valence-corrected chi connectivity index (χ0v) is 11.7. The monoisotopic (exact) mass is 251 g/mol. The first-order valence-electron chi connectivity index (χ1n) is 6.49. The van der Waals surface area contributed by atoms with Crippen molar-refractivity contribution in [1.29, 1.82) is 0 Å². The highest BCUT2D eigenvalue weighted by atomic mass is 32.1.